The predicted octanol–water partition coefficient (Wildman–Crippen LogP) is 4.38. The first-order valence-electron chi connectivity index (χ1n) is 14.4. The highest BCUT2D eigenvalue weighted by atomic mass is 32.2. The minimum absolute atomic E-state index is 0.153. The Morgan fingerprint density at radius 3 is 2.09 bits per heavy atom. The molecular formula is C27H49N3O4S. The number of carbonyl (C=O) groups excluding carboxylic acids is 1. The summed E-state index contributed by atoms with van der Waals surface area (Å²) in [7, 11) is -3.16. The molecule has 7 unspecified atom stereocenters. The van der Waals surface area contributed by atoms with Crippen LogP contribution in [-0.2, 0) is 14.8 Å². The van der Waals surface area contributed by atoms with E-state index in [-0.39, 0.29) is 12.1 Å². The van der Waals surface area contributed by atoms with E-state index in [1.165, 1.54) is 57.6 Å². The van der Waals surface area contributed by atoms with Gasteiger partial charge in [-0.05, 0) is 87.0 Å². The van der Waals surface area contributed by atoms with Crippen molar-refractivity contribution in [2.75, 3.05) is 32.5 Å². The van der Waals surface area contributed by atoms with Crippen molar-refractivity contribution in [1.29, 1.82) is 0 Å². The van der Waals surface area contributed by atoms with Crippen LogP contribution < -0.4 is 10.0 Å². The van der Waals surface area contributed by atoms with Crippen molar-refractivity contribution in [3.8, 4) is 0 Å². The minimum atomic E-state index is -3.16. The van der Waals surface area contributed by atoms with Crippen molar-refractivity contribution < 1.29 is 17.9 Å². The molecule has 7 nitrogen and oxygen atoms in total. The van der Waals surface area contributed by atoms with E-state index in [2.05, 4.69) is 28.8 Å². The number of alkyl carbamates (subject to hydrolysis) is 1. The second-order valence-electron chi connectivity index (χ2n) is 12.0. The van der Waals surface area contributed by atoms with Crippen LogP contribution in [0, 0.1) is 35.5 Å². The lowest BCUT2D eigenvalue weighted by Crippen LogP contribution is -2.49. The molecule has 8 heteroatoms. The van der Waals surface area contributed by atoms with Gasteiger partial charge in [0.25, 0.3) is 0 Å². The van der Waals surface area contributed by atoms with Crippen LogP contribution >= 0.6 is 0 Å². The molecule has 4 aliphatic rings. The molecule has 0 bridgehead atoms. The van der Waals surface area contributed by atoms with Gasteiger partial charge >= 0.3 is 6.09 Å². The van der Waals surface area contributed by atoms with Crippen LogP contribution in [0.5, 0.6) is 0 Å². The molecule has 0 saturated heterocycles. The maximum absolute atomic E-state index is 12.8. The molecule has 0 heterocycles. The van der Waals surface area contributed by atoms with Gasteiger partial charge in [0.15, 0.2) is 0 Å². The second kappa shape index (κ2) is 12.1. The maximum Gasteiger partial charge on any atom is 0.407 e. The van der Waals surface area contributed by atoms with Crippen LogP contribution in [-0.4, -0.2) is 64.0 Å². The zero-order valence-corrected chi connectivity index (χ0v) is 23.0. The number of hydrogen-bond donors (Lipinski definition) is 2. The van der Waals surface area contributed by atoms with Crippen LogP contribution in [0.1, 0.15) is 84.5 Å². The fourth-order valence-corrected chi connectivity index (χ4v) is 8.78. The van der Waals surface area contributed by atoms with Crippen LogP contribution in [0.3, 0.4) is 0 Å². The Morgan fingerprint density at radius 1 is 0.943 bits per heavy atom. The smallest absolute Gasteiger partial charge is 0.407 e. The molecular weight excluding hydrogens is 462 g/mol. The van der Waals surface area contributed by atoms with E-state index in [4.69, 9.17) is 4.74 Å². The number of ether oxygens (including phenoxy) is 1. The number of rotatable bonds is 9. The van der Waals surface area contributed by atoms with Gasteiger partial charge in [-0.25, -0.2) is 17.9 Å². The highest BCUT2D eigenvalue weighted by molar-refractivity contribution is 7.88. The molecule has 0 spiro atoms. The number of carbonyl (C=O) groups is 1. The number of likely N-dealkylation sites (N-methyl/N-ethyl adjacent to an activating group) is 1. The average molecular weight is 512 g/mol. The summed E-state index contributed by atoms with van der Waals surface area (Å²) in [6, 6.07) is 0.579. The number of sulfonamides is 1. The van der Waals surface area contributed by atoms with E-state index in [1.807, 2.05) is 0 Å². The molecule has 0 aromatic carbocycles. The van der Waals surface area contributed by atoms with Gasteiger partial charge in [0, 0.05) is 25.2 Å². The number of nitrogens with zero attached hydrogens (tertiary/aromatic N) is 1. The molecule has 0 radical (unpaired) electrons. The Hall–Kier alpha value is -0.860. The van der Waals surface area contributed by atoms with E-state index < -0.39 is 10.0 Å². The summed E-state index contributed by atoms with van der Waals surface area (Å²) < 4.78 is 31.3. The van der Waals surface area contributed by atoms with Crippen molar-refractivity contribution in [3.63, 3.8) is 0 Å². The summed E-state index contributed by atoms with van der Waals surface area (Å²) in [5, 5.41) is 3.21. The number of hydrogen-bond acceptors (Lipinski definition) is 5. The number of amides is 1. The third-order valence-electron chi connectivity index (χ3n) is 9.94. The van der Waals surface area contributed by atoms with E-state index >= 15 is 0 Å². The number of nitrogens with one attached hydrogen (secondary N) is 2. The van der Waals surface area contributed by atoms with Crippen molar-refractivity contribution >= 4 is 16.1 Å². The molecule has 0 aliphatic heterocycles. The highest BCUT2D eigenvalue weighted by Crippen LogP contribution is 2.57. The zero-order valence-electron chi connectivity index (χ0n) is 22.2. The largest absolute Gasteiger partial charge is 0.449 e. The molecule has 202 valence electrons. The van der Waals surface area contributed by atoms with E-state index in [9.17, 15) is 13.2 Å². The Kier molecular flexibility index (Phi) is 9.41. The van der Waals surface area contributed by atoms with Gasteiger partial charge in [-0.1, -0.05) is 39.5 Å². The van der Waals surface area contributed by atoms with Gasteiger partial charge in [0.1, 0.15) is 0 Å². The third kappa shape index (κ3) is 6.92. The molecule has 2 N–H and O–H groups in total. The van der Waals surface area contributed by atoms with Gasteiger partial charge in [0.05, 0.1) is 12.9 Å². The molecule has 4 fully saturated rings. The van der Waals surface area contributed by atoms with E-state index in [0.717, 1.165) is 49.5 Å². The number of fused-ring (bicyclic) bond motifs is 3. The average Bonchev–Trinajstić information content (AvgIpc) is 3.15. The molecule has 4 aliphatic carbocycles. The fraction of sp³-hybridized carbons (Fsp3) is 0.963. The lowest BCUT2D eigenvalue weighted by atomic mass is 9.73. The van der Waals surface area contributed by atoms with Crippen LogP contribution in [0.2, 0.25) is 0 Å². The normalized spacial score (nSPS) is 37.5. The molecule has 1 amide bonds. The van der Waals surface area contributed by atoms with E-state index in [0.29, 0.717) is 37.6 Å². The lowest BCUT2D eigenvalue weighted by molar-refractivity contribution is 0.0757. The summed E-state index contributed by atoms with van der Waals surface area (Å²) in [5.74, 6) is 4.26. The van der Waals surface area contributed by atoms with Gasteiger partial charge in [-0.2, -0.15) is 0 Å². The lowest BCUT2D eigenvalue weighted by Gasteiger charge is -2.40. The maximum atomic E-state index is 12.8. The zero-order chi connectivity index (χ0) is 25.0. The van der Waals surface area contributed by atoms with Gasteiger partial charge in [-0.15, -0.1) is 0 Å². The Balaban J connectivity index is 1.23. The van der Waals surface area contributed by atoms with Crippen molar-refractivity contribution in [2.24, 2.45) is 35.5 Å². The van der Waals surface area contributed by atoms with Crippen LogP contribution in [0.4, 0.5) is 4.79 Å². The SMILES string of the molecule is CCN(CCNS(C)(=O)=O)C1CCC(NC(=O)OCC2C3CCCCC3C3CCCCC32)C(C)C1. The summed E-state index contributed by atoms with van der Waals surface area (Å²) >= 11 is 0. The second-order valence-corrected chi connectivity index (χ2v) is 13.8. The topological polar surface area (TPSA) is 87.7 Å². The summed E-state index contributed by atoms with van der Waals surface area (Å²) in [6.07, 6.45) is 14.9. The van der Waals surface area contributed by atoms with Crippen LogP contribution in [0.25, 0.3) is 0 Å². The van der Waals surface area contributed by atoms with Gasteiger partial charge in [0.2, 0.25) is 10.0 Å². The van der Waals surface area contributed by atoms with Crippen molar-refractivity contribution in [3.05, 3.63) is 0 Å². The summed E-state index contributed by atoms with van der Waals surface area (Å²) in [6.45, 7) is 7.01. The Labute approximate surface area is 213 Å². The summed E-state index contributed by atoms with van der Waals surface area (Å²) in [5.41, 5.74) is 0. The predicted molar refractivity (Wildman–Crippen MR) is 140 cm³/mol. The molecule has 0 aromatic rings. The molecule has 35 heavy (non-hydrogen) atoms. The first-order chi connectivity index (χ1) is 16.8. The third-order valence-corrected chi connectivity index (χ3v) is 10.7. The fourth-order valence-electron chi connectivity index (χ4n) is 8.32. The first kappa shape index (κ1) is 27.2. The molecule has 0 aromatic heterocycles. The Bertz CT molecular complexity index is 784. The van der Waals surface area contributed by atoms with Gasteiger partial charge < -0.3 is 10.1 Å². The molecule has 7 atom stereocenters. The summed E-state index contributed by atoms with van der Waals surface area (Å²) in [4.78, 5) is 15.2. The van der Waals surface area contributed by atoms with Crippen molar-refractivity contribution in [2.45, 2.75) is 96.6 Å². The van der Waals surface area contributed by atoms with E-state index in [1.54, 1.807) is 0 Å². The Morgan fingerprint density at radius 2 is 1.54 bits per heavy atom. The van der Waals surface area contributed by atoms with Gasteiger partial charge in [-0.3, -0.25) is 4.90 Å². The monoisotopic (exact) mass is 511 g/mol. The quantitative estimate of drug-likeness (QED) is 0.480. The standard InChI is InChI=1S/C27H49N3O4S/c1-4-30(16-15-28-35(3,32)33)20-13-14-26(19(2)17-20)29-27(31)34-18-25-23-11-7-5-9-21(23)22-10-6-8-12-24(22)25/h19-26,28H,4-18H2,1-3H3,(H,29,31). The van der Waals surface area contributed by atoms with Crippen LogP contribution in [0.15, 0.2) is 0 Å². The molecule has 4 saturated carbocycles. The van der Waals surface area contributed by atoms with Crippen molar-refractivity contribution in [1.82, 2.24) is 14.9 Å². The minimum Gasteiger partial charge on any atom is -0.449 e. The highest BCUT2D eigenvalue weighted by Gasteiger charge is 2.51. The molecule has 4 rings (SSSR count). The first-order valence-corrected chi connectivity index (χ1v) is 16.3.